The van der Waals surface area contributed by atoms with Crippen molar-refractivity contribution in [3.05, 3.63) is 48.0 Å². The van der Waals surface area contributed by atoms with E-state index in [0.717, 1.165) is 52.9 Å². The Hall–Kier alpha value is -2.92. The summed E-state index contributed by atoms with van der Waals surface area (Å²) in [6, 6.07) is 14.7. The van der Waals surface area contributed by atoms with E-state index in [1.165, 1.54) is 6.42 Å². The quantitative estimate of drug-likeness (QED) is 0.308. The summed E-state index contributed by atoms with van der Waals surface area (Å²) in [5.41, 5.74) is 6.01. The minimum Gasteiger partial charge on any atom is -0.467 e. The number of anilines is 1. The van der Waals surface area contributed by atoms with Crippen LogP contribution in [0.2, 0.25) is 19.6 Å². The standard InChI is InChI=1S/C27H34N4O2Si/c1-31-15-8-9-21(18-31)28-27-23-11-7-6-10-22(23)26(29-30-27)24-13-12-20(14-16-34(3,4)5)17-25(24)33-19-32-2/h6-7,10-13,17,21H,8-9,15,18-19H2,1-5H3,(H,28,30)/t21-/m1/s1. The van der Waals surface area contributed by atoms with Gasteiger partial charge < -0.3 is 19.7 Å². The number of nitrogens with zero attached hydrogens (tertiary/aromatic N) is 3. The van der Waals surface area contributed by atoms with Crippen molar-refractivity contribution in [1.82, 2.24) is 15.1 Å². The van der Waals surface area contributed by atoms with E-state index in [1.54, 1.807) is 7.11 Å². The summed E-state index contributed by atoms with van der Waals surface area (Å²) in [5.74, 6) is 4.84. The minimum absolute atomic E-state index is 0.151. The monoisotopic (exact) mass is 474 g/mol. The molecule has 2 aromatic carbocycles. The Morgan fingerprint density at radius 2 is 1.91 bits per heavy atom. The van der Waals surface area contributed by atoms with Crippen molar-refractivity contribution in [1.29, 1.82) is 0 Å². The lowest BCUT2D eigenvalue weighted by atomic mass is 10.0. The Kier molecular flexibility index (Phi) is 7.52. The predicted molar refractivity (Wildman–Crippen MR) is 142 cm³/mol. The molecular weight excluding hydrogens is 440 g/mol. The molecule has 1 fully saturated rings. The highest BCUT2D eigenvalue weighted by Crippen LogP contribution is 2.36. The number of methoxy groups -OCH3 is 1. The number of hydrogen-bond acceptors (Lipinski definition) is 6. The lowest BCUT2D eigenvalue weighted by Crippen LogP contribution is -2.40. The van der Waals surface area contributed by atoms with Crippen molar-refractivity contribution in [2.75, 3.05) is 39.4 Å². The molecule has 1 N–H and O–H groups in total. The van der Waals surface area contributed by atoms with Gasteiger partial charge in [0.1, 0.15) is 19.5 Å². The van der Waals surface area contributed by atoms with Crippen LogP contribution < -0.4 is 10.1 Å². The minimum atomic E-state index is -1.48. The third kappa shape index (κ3) is 5.95. The normalized spacial score (nSPS) is 16.7. The Morgan fingerprint density at radius 3 is 2.65 bits per heavy atom. The number of nitrogens with one attached hydrogen (secondary N) is 1. The van der Waals surface area contributed by atoms with Gasteiger partial charge in [0.15, 0.2) is 12.6 Å². The molecule has 4 rings (SSSR count). The van der Waals surface area contributed by atoms with Crippen LogP contribution in [0.5, 0.6) is 5.75 Å². The molecule has 0 amide bonds. The van der Waals surface area contributed by atoms with Gasteiger partial charge in [-0.1, -0.05) is 49.8 Å². The summed E-state index contributed by atoms with van der Waals surface area (Å²) in [6.45, 7) is 9.01. The lowest BCUT2D eigenvalue weighted by Gasteiger charge is -2.30. The Morgan fingerprint density at radius 1 is 1.12 bits per heavy atom. The third-order valence-corrected chi connectivity index (χ3v) is 6.68. The maximum Gasteiger partial charge on any atom is 0.188 e. The Balaban J connectivity index is 1.74. The number of likely N-dealkylation sites (N-methyl/N-ethyl adjacent to an activating group) is 1. The number of aromatic nitrogens is 2. The smallest absolute Gasteiger partial charge is 0.188 e. The van der Waals surface area contributed by atoms with Crippen LogP contribution in [0.1, 0.15) is 18.4 Å². The van der Waals surface area contributed by atoms with Gasteiger partial charge in [0.2, 0.25) is 0 Å². The predicted octanol–water partition coefficient (Wildman–Crippen LogP) is 5.01. The summed E-state index contributed by atoms with van der Waals surface area (Å²) in [4.78, 5) is 2.36. The molecule has 0 saturated carbocycles. The van der Waals surface area contributed by atoms with Gasteiger partial charge in [-0.15, -0.1) is 15.7 Å². The third-order valence-electron chi connectivity index (χ3n) is 5.80. The van der Waals surface area contributed by atoms with E-state index in [4.69, 9.17) is 9.47 Å². The number of ether oxygens (including phenoxy) is 2. The van der Waals surface area contributed by atoms with Crippen molar-refractivity contribution < 1.29 is 9.47 Å². The molecule has 1 saturated heterocycles. The second-order valence-electron chi connectivity index (χ2n) is 9.95. The van der Waals surface area contributed by atoms with Gasteiger partial charge in [-0.25, -0.2) is 0 Å². The van der Waals surface area contributed by atoms with Crippen molar-refractivity contribution in [2.45, 2.75) is 38.5 Å². The van der Waals surface area contributed by atoms with E-state index in [2.05, 4.69) is 70.7 Å². The maximum absolute atomic E-state index is 5.96. The first kappa shape index (κ1) is 24.2. The van der Waals surface area contributed by atoms with Crippen LogP contribution in [-0.4, -0.2) is 63.3 Å². The molecule has 7 heteroatoms. The van der Waals surface area contributed by atoms with Gasteiger partial charge in [0.25, 0.3) is 0 Å². The number of rotatable bonds is 6. The van der Waals surface area contributed by atoms with Gasteiger partial charge in [-0.2, -0.15) is 0 Å². The summed E-state index contributed by atoms with van der Waals surface area (Å²) >= 11 is 0. The van der Waals surface area contributed by atoms with Crippen molar-refractivity contribution in [3.8, 4) is 28.5 Å². The van der Waals surface area contributed by atoms with Gasteiger partial charge in [0, 0.05) is 41.6 Å². The number of hydrogen-bond donors (Lipinski definition) is 1. The first-order chi connectivity index (χ1) is 16.3. The van der Waals surface area contributed by atoms with Gasteiger partial charge >= 0.3 is 0 Å². The molecule has 0 aliphatic carbocycles. The van der Waals surface area contributed by atoms with Crippen molar-refractivity contribution in [2.24, 2.45) is 0 Å². The first-order valence-corrected chi connectivity index (χ1v) is 15.3. The van der Waals surface area contributed by atoms with Crippen LogP contribution in [0.15, 0.2) is 42.5 Å². The van der Waals surface area contributed by atoms with E-state index < -0.39 is 8.07 Å². The van der Waals surface area contributed by atoms with Crippen LogP contribution in [0.25, 0.3) is 22.0 Å². The summed E-state index contributed by atoms with van der Waals surface area (Å²) in [6.07, 6.45) is 2.32. The first-order valence-electron chi connectivity index (χ1n) is 11.8. The average Bonchev–Trinajstić information content (AvgIpc) is 2.81. The van der Waals surface area contributed by atoms with Gasteiger partial charge in [-0.3, -0.25) is 0 Å². The molecule has 0 unspecified atom stereocenters. The number of piperidine rings is 1. The van der Waals surface area contributed by atoms with Gasteiger partial charge in [0.05, 0.1) is 0 Å². The second-order valence-corrected chi connectivity index (χ2v) is 14.7. The largest absolute Gasteiger partial charge is 0.467 e. The van der Waals surface area contributed by atoms with E-state index in [1.807, 2.05) is 30.3 Å². The van der Waals surface area contributed by atoms with E-state index >= 15 is 0 Å². The van der Waals surface area contributed by atoms with Crippen LogP contribution in [0.4, 0.5) is 5.82 Å². The molecular formula is C27H34N4O2Si. The zero-order valence-electron chi connectivity index (χ0n) is 20.8. The Bertz CT molecular complexity index is 1210. The fourth-order valence-electron chi connectivity index (χ4n) is 4.18. The molecule has 1 aromatic heterocycles. The maximum atomic E-state index is 5.96. The molecule has 6 nitrogen and oxygen atoms in total. The zero-order valence-corrected chi connectivity index (χ0v) is 21.8. The fourth-order valence-corrected chi connectivity index (χ4v) is 4.70. The number of likely N-dealkylation sites (tertiary alicyclic amines) is 1. The molecule has 0 radical (unpaired) electrons. The average molecular weight is 475 g/mol. The van der Waals surface area contributed by atoms with E-state index in [0.29, 0.717) is 11.8 Å². The topological polar surface area (TPSA) is 59.5 Å². The number of fused-ring (bicyclic) bond motifs is 1. The highest BCUT2D eigenvalue weighted by molar-refractivity contribution is 6.83. The molecule has 2 heterocycles. The van der Waals surface area contributed by atoms with Crippen LogP contribution in [0.3, 0.4) is 0 Å². The summed E-state index contributed by atoms with van der Waals surface area (Å²) in [7, 11) is 2.30. The molecule has 1 atom stereocenters. The van der Waals surface area contributed by atoms with E-state index in [-0.39, 0.29) is 6.79 Å². The van der Waals surface area contributed by atoms with Crippen molar-refractivity contribution >= 4 is 24.7 Å². The van der Waals surface area contributed by atoms with Crippen LogP contribution in [-0.2, 0) is 4.74 Å². The molecule has 34 heavy (non-hydrogen) atoms. The molecule has 0 bridgehead atoms. The summed E-state index contributed by atoms with van der Waals surface area (Å²) < 4.78 is 11.1. The zero-order chi connectivity index (χ0) is 24.1. The highest BCUT2D eigenvalue weighted by Gasteiger charge is 2.20. The summed E-state index contributed by atoms with van der Waals surface area (Å²) in [5, 5.41) is 15.0. The SMILES string of the molecule is COCOc1cc(C#C[Si](C)(C)C)ccc1-c1nnc(N[C@@H]2CCCN(C)C2)c2ccccc12. The molecule has 1 aliphatic rings. The molecule has 3 aromatic rings. The van der Waals surface area contributed by atoms with Gasteiger partial charge in [-0.05, 0) is 44.6 Å². The lowest BCUT2D eigenvalue weighted by molar-refractivity contribution is 0.0515. The van der Waals surface area contributed by atoms with E-state index in [9.17, 15) is 0 Å². The van der Waals surface area contributed by atoms with Crippen molar-refractivity contribution in [3.63, 3.8) is 0 Å². The Labute approximate surface area is 203 Å². The number of benzene rings is 2. The highest BCUT2D eigenvalue weighted by atomic mass is 28.3. The fraction of sp³-hybridized carbons (Fsp3) is 0.407. The van der Waals surface area contributed by atoms with Crippen LogP contribution >= 0.6 is 0 Å². The second kappa shape index (κ2) is 10.6. The van der Waals surface area contributed by atoms with Crippen LogP contribution in [0, 0.1) is 11.5 Å². The molecule has 0 spiro atoms. The molecule has 1 aliphatic heterocycles. The molecule has 178 valence electrons.